The van der Waals surface area contributed by atoms with Crippen LogP contribution in [-0.4, -0.2) is 54.3 Å². The van der Waals surface area contributed by atoms with Gasteiger partial charge in [0, 0.05) is 31.5 Å². The highest BCUT2D eigenvalue weighted by atomic mass is 19.1. The lowest BCUT2D eigenvalue weighted by Crippen LogP contribution is -2.62. The first kappa shape index (κ1) is 43.6. The van der Waals surface area contributed by atoms with Crippen LogP contribution in [0.5, 0.6) is 0 Å². The number of ketones is 1. The van der Waals surface area contributed by atoms with Crippen molar-refractivity contribution < 1.29 is 33.4 Å². The van der Waals surface area contributed by atoms with Gasteiger partial charge in [0.15, 0.2) is 5.78 Å². The summed E-state index contributed by atoms with van der Waals surface area (Å²) in [5.74, 6) is -0.491. The molecule has 310 valence electrons. The zero-order valence-electron chi connectivity index (χ0n) is 36.3. The van der Waals surface area contributed by atoms with E-state index in [4.69, 9.17) is 4.74 Å². The summed E-state index contributed by atoms with van der Waals surface area (Å²) in [5, 5.41) is 13.6. The molecule has 0 spiro atoms. The van der Waals surface area contributed by atoms with Gasteiger partial charge in [-0.3, -0.25) is 29.2 Å². The van der Waals surface area contributed by atoms with E-state index in [0.717, 1.165) is 74.6 Å². The number of hydrazine groups is 1. The molecule has 9 heteroatoms. The SMILES string of the molecule is CCC(CCC1(C)C(C)CCC2(C)C1CCC1C3=C(C(C)C)C(=O)CC3(/C(=C(\C)C=O)N(C)N(C)c3ccc(F)cc3)CC[C@]12C)OC(=O)CC(C)(C)C(=O)O. The first-order valence-electron chi connectivity index (χ1n) is 21.1. The van der Waals surface area contributed by atoms with Crippen molar-refractivity contribution in [2.75, 3.05) is 19.1 Å². The Kier molecular flexibility index (Phi) is 12.2. The van der Waals surface area contributed by atoms with Crippen molar-refractivity contribution in [2.24, 2.45) is 50.7 Å². The smallest absolute Gasteiger partial charge is 0.309 e. The lowest BCUT2D eigenvalue weighted by molar-refractivity contribution is -0.186. The van der Waals surface area contributed by atoms with Crippen molar-refractivity contribution in [3.8, 4) is 0 Å². The van der Waals surface area contributed by atoms with E-state index in [1.165, 1.54) is 17.7 Å². The third-order valence-corrected chi connectivity index (χ3v) is 16.1. The molecule has 0 radical (unpaired) electrons. The van der Waals surface area contributed by atoms with Crippen LogP contribution in [0.1, 0.15) is 140 Å². The second-order valence-electron chi connectivity index (χ2n) is 19.7. The Morgan fingerprint density at radius 3 is 2.25 bits per heavy atom. The summed E-state index contributed by atoms with van der Waals surface area (Å²) >= 11 is 0. The lowest BCUT2D eigenvalue weighted by Gasteiger charge is -2.70. The molecule has 1 N–H and O–H groups in total. The number of Topliss-reactive ketones (excluding diaryl/α,β-unsaturated/α-hetero) is 1. The van der Waals surface area contributed by atoms with Crippen LogP contribution in [0.2, 0.25) is 0 Å². The van der Waals surface area contributed by atoms with E-state index in [9.17, 15) is 28.7 Å². The number of ether oxygens (including phenoxy) is 1. The molecule has 0 amide bonds. The standard InChI is InChI=1S/C47H69FN2O6/c1-13-34(56-38(53)27-43(6,7)42(54)55)21-22-44(8)31(5)20-23-46(10)37(44)19-18-35-40-39(29(2)3)36(52)26-47(40,25-24-45(35,46)9)41(30(4)28-51)50(12)49(11)33-16-14-32(48)15-17-33/h14-17,28-29,31,34-35,37H,13,18-27H2,1-12H3,(H,54,55)/b41-30-/t31?,34?,35?,37?,44?,45-,46?,47?/m1/s1. The van der Waals surface area contributed by atoms with Gasteiger partial charge in [0.1, 0.15) is 18.2 Å². The number of carbonyl (C=O) groups is 4. The topological polar surface area (TPSA) is 104 Å². The summed E-state index contributed by atoms with van der Waals surface area (Å²) in [5.41, 5.74) is 2.53. The first-order chi connectivity index (χ1) is 26.0. The van der Waals surface area contributed by atoms with Crippen molar-refractivity contribution in [3.05, 3.63) is 52.5 Å². The Morgan fingerprint density at radius 1 is 1.04 bits per heavy atom. The zero-order chi connectivity index (χ0) is 41.8. The third-order valence-electron chi connectivity index (χ3n) is 16.1. The van der Waals surface area contributed by atoms with Gasteiger partial charge in [0.2, 0.25) is 0 Å². The molecule has 4 aliphatic carbocycles. The number of esters is 1. The Bertz CT molecular complexity index is 1770. The molecular formula is C47H69FN2O6. The number of carbonyl (C=O) groups excluding carboxylic acids is 3. The maximum atomic E-state index is 14.4. The van der Waals surface area contributed by atoms with Gasteiger partial charge in [-0.05, 0) is 154 Å². The van der Waals surface area contributed by atoms with Crippen LogP contribution in [0.3, 0.4) is 0 Å². The molecule has 3 saturated carbocycles. The summed E-state index contributed by atoms with van der Waals surface area (Å²) in [6.07, 6.45) is 9.04. The fourth-order valence-corrected chi connectivity index (χ4v) is 12.3. The van der Waals surface area contributed by atoms with Crippen LogP contribution >= 0.6 is 0 Å². The normalized spacial score (nSPS) is 32.5. The first-order valence-corrected chi connectivity index (χ1v) is 21.1. The van der Waals surface area contributed by atoms with Crippen molar-refractivity contribution in [2.45, 2.75) is 146 Å². The fraction of sp³-hybridized carbons (Fsp3) is 0.702. The molecule has 8 atom stereocenters. The average Bonchev–Trinajstić information content (AvgIpc) is 3.44. The van der Waals surface area contributed by atoms with Gasteiger partial charge < -0.3 is 9.84 Å². The van der Waals surface area contributed by atoms with Crippen LogP contribution in [0.4, 0.5) is 10.1 Å². The van der Waals surface area contributed by atoms with Gasteiger partial charge in [-0.2, -0.15) is 0 Å². The number of aliphatic carboxylic acids is 1. The number of hydrogen-bond donors (Lipinski definition) is 1. The molecule has 7 unspecified atom stereocenters. The molecule has 0 aliphatic heterocycles. The monoisotopic (exact) mass is 777 g/mol. The molecule has 4 aliphatic rings. The van der Waals surface area contributed by atoms with Gasteiger partial charge >= 0.3 is 11.9 Å². The van der Waals surface area contributed by atoms with Gasteiger partial charge in [0.05, 0.1) is 23.2 Å². The van der Waals surface area contributed by atoms with Crippen LogP contribution < -0.4 is 5.01 Å². The second-order valence-corrected chi connectivity index (χ2v) is 19.7. The van der Waals surface area contributed by atoms with E-state index < -0.39 is 22.8 Å². The highest BCUT2D eigenvalue weighted by molar-refractivity contribution is 6.01. The summed E-state index contributed by atoms with van der Waals surface area (Å²) in [4.78, 5) is 51.9. The molecule has 0 bridgehead atoms. The quantitative estimate of drug-likeness (QED) is 0.0862. The van der Waals surface area contributed by atoms with E-state index in [-0.39, 0.29) is 52.2 Å². The fourth-order valence-electron chi connectivity index (χ4n) is 12.3. The molecule has 1 aromatic carbocycles. The van der Waals surface area contributed by atoms with Crippen molar-refractivity contribution >= 4 is 29.7 Å². The molecule has 3 fully saturated rings. The number of rotatable bonds is 14. The predicted octanol–water partition coefficient (Wildman–Crippen LogP) is 10.4. The van der Waals surface area contributed by atoms with Crippen molar-refractivity contribution in [1.82, 2.24) is 5.01 Å². The minimum atomic E-state index is -1.18. The van der Waals surface area contributed by atoms with E-state index >= 15 is 0 Å². The zero-order valence-corrected chi connectivity index (χ0v) is 36.3. The molecule has 56 heavy (non-hydrogen) atoms. The Morgan fingerprint density at radius 2 is 1.68 bits per heavy atom. The molecule has 0 heterocycles. The number of fused-ring (bicyclic) bond motifs is 5. The maximum Gasteiger partial charge on any atom is 0.309 e. The number of carboxylic acids is 1. The van der Waals surface area contributed by atoms with Crippen molar-refractivity contribution in [1.29, 1.82) is 0 Å². The predicted molar refractivity (Wildman–Crippen MR) is 219 cm³/mol. The second kappa shape index (κ2) is 15.7. The van der Waals surface area contributed by atoms with Crippen molar-refractivity contribution in [3.63, 3.8) is 0 Å². The van der Waals surface area contributed by atoms with Crippen LogP contribution in [-0.2, 0) is 23.9 Å². The number of anilines is 1. The third kappa shape index (κ3) is 7.16. The van der Waals surface area contributed by atoms with Gasteiger partial charge in [0.25, 0.3) is 0 Å². The number of aldehydes is 1. The van der Waals surface area contributed by atoms with Gasteiger partial charge in [-0.1, -0.05) is 48.5 Å². The number of hydrogen-bond acceptors (Lipinski definition) is 7. The van der Waals surface area contributed by atoms with Crippen LogP contribution in [0.15, 0.2) is 46.7 Å². The Labute approximate surface area is 335 Å². The van der Waals surface area contributed by atoms with Crippen LogP contribution in [0.25, 0.3) is 0 Å². The summed E-state index contributed by atoms with van der Waals surface area (Å²) in [6, 6.07) is 6.36. The minimum absolute atomic E-state index is 0.00626. The minimum Gasteiger partial charge on any atom is -0.481 e. The Balaban J connectivity index is 1.51. The summed E-state index contributed by atoms with van der Waals surface area (Å²) in [7, 11) is 3.89. The average molecular weight is 777 g/mol. The maximum absolute atomic E-state index is 14.4. The van der Waals surface area contributed by atoms with Gasteiger partial charge in [-0.15, -0.1) is 0 Å². The molecule has 8 nitrogen and oxygen atoms in total. The number of benzene rings is 1. The molecule has 1 aromatic rings. The molecule has 5 rings (SSSR count). The number of carboxylic acid groups (broad SMARTS) is 1. The number of allylic oxidation sites excluding steroid dienone is 3. The van der Waals surface area contributed by atoms with Gasteiger partial charge in [-0.25, -0.2) is 4.39 Å². The number of halogens is 1. The molecular weight excluding hydrogens is 708 g/mol. The highest BCUT2D eigenvalue weighted by Gasteiger charge is 2.68. The molecule has 0 saturated heterocycles. The van der Waals surface area contributed by atoms with E-state index in [1.807, 2.05) is 38.0 Å². The van der Waals surface area contributed by atoms with Crippen LogP contribution in [0, 0.1) is 56.6 Å². The molecule has 0 aromatic heterocycles. The highest BCUT2D eigenvalue weighted by Crippen LogP contribution is 2.75. The van der Waals surface area contributed by atoms with E-state index in [0.29, 0.717) is 30.3 Å². The number of nitrogens with zero attached hydrogens (tertiary/aromatic N) is 2. The lowest BCUT2D eigenvalue weighted by atomic mass is 9.35. The Hall–Kier alpha value is -3.49. The van der Waals surface area contributed by atoms with E-state index in [1.54, 1.807) is 26.0 Å². The summed E-state index contributed by atoms with van der Waals surface area (Å²) < 4.78 is 19.9. The summed E-state index contributed by atoms with van der Waals surface area (Å²) in [6.45, 7) is 21.2. The van der Waals surface area contributed by atoms with E-state index in [2.05, 4.69) is 41.5 Å². The largest absolute Gasteiger partial charge is 0.481 e.